The SMILES string of the molecule is CCC[C@@H]1CCc2c(sc(NC(=O)c3cc(C)on3)c2C(N)=O)C1. The van der Waals surface area contributed by atoms with Crippen LogP contribution in [-0.2, 0) is 12.8 Å². The lowest BCUT2D eigenvalue weighted by Gasteiger charge is -2.21. The smallest absolute Gasteiger partial charge is 0.278 e. The molecule has 3 rings (SSSR count). The van der Waals surface area contributed by atoms with Crippen molar-refractivity contribution in [2.45, 2.75) is 46.0 Å². The first kappa shape index (κ1) is 16.7. The van der Waals surface area contributed by atoms with Crippen LogP contribution in [0.15, 0.2) is 10.6 Å². The highest BCUT2D eigenvalue weighted by atomic mass is 32.1. The van der Waals surface area contributed by atoms with Gasteiger partial charge in [-0.1, -0.05) is 24.9 Å². The number of anilines is 1. The fraction of sp³-hybridized carbons (Fsp3) is 0.471. The Hall–Kier alpha value is -2.15. The second-order valence-electron chi connectivity index (χ2n) is 6.25. The molecule has 1 aliphatic carbocycles. The molecule has 2 aromatic heterocycles. The summed E-state index contributed by atoms with van der Waals surface area (Å²) in [5, 5.41) is 7.01. The number of thiophene rings is 1. The first-order valence-corrected chi connectivity index (χ1v) is 9.00. The maximum Gasteiger partial charge on any atom is 0.278 e. The number of carbonyl (C=O) groups is 2. The van der Waals surface area contributed by atoms with Crippen LogP contribution in [0.5, 0.6) is 0 Å². The molecule has 0 spiro atoms. The molecular formula is C17H21N3O3S. The number of nitrogens with two attached hydrogens (primary N) is 1. The van der Waals surface area contributed by atoms with Gasteiger partial charge >= 0.3 is 0 Å². The van der Waals surface area contributed by atoms with Gasteiger partial charge in [0.15, 0.2) is 5.69 Å². The van der Waals surface area contributed by atoms with Gasteiger partial charge in [0.05, 0.1) is 5.56 Å². The maximum atomic E-state index is 12.3. The molecule has 7 heteroatoms. The molecule has 0 radical (unpaired) electrons. The number of hydrogen-bond donors (Lipinski definition) is 2. The van der Waals surface area contributed by atoms with Crippen LogP contribution in [0, 0.1) is 12.8 Å². The van der Waals surface area contributed by atoms with E-state index in [1.165, 1.54) is 22.6 Å². The summed E-state index contributed by atoms with van der Waals surface area (Å²) < 4.78 is 4.92. The van der Waals surface area contributed by atoms with Gasteiger partial charge in [-0.15, -0.1) is 11.3 Å². The average molecular weight is 347 g/mol. The molecular weight excluding hydrogens is 326 g/mol. The fourth-order valence-corrected chi connectivity index (χ4v) is 4.66. The van der Waals surface area contributed by atoms with Crippen LogP contribution in [0.25, 0.3) is 0 Å². The Bertz CT molecular complexity index is 778. The van der Waals surface area contributed by atoms with Gasteiger partial charge in [0.25, 0.3) is 11.8 Å². The lowest BCUT2D eigenvalue weighted by Crippen LogP contribution is -2.20. The Balaban J connectivity index is 1.88. The molecule has 0 unspecified atom stereocenters. The van der Waals surface area contributed by atoms with E-state index < -0.39 is 11.8 Å². The van der Waals surface area contributed by atoms with Crippen molar-refractivity contribution in [2.75, 3.05) is 5.32 Å². The summed E-state index contributed by atoms with van der Waals surface area (Å²) in [6, 6.07) is 1.56. The molecule has 0 bridgehead atoms. The van der Waals surface area contributed by atoms with Gasteiger partial charge in [-0.3, -0.25) is 9.59 Å². The number of nitrogens with zero attached hydrogens (tertiary/aromatic N) is 1. The van der Waals surface area contributed by atoms with Crippen LogP contribution in [0.2, 0.25) is 0 Å². The van der Waals surface area contributed by atoms with Gasteiger partial charge in [-0.05, 0) is 37.7 Å². The molecule has 2 amide bonds. The Labute approximate surface area is 144 Å². The number of amides is 2. The van der Waals surface area contributed by atoms with Crippen LogP contribution in [-0.4, -0.2) is 17.0 Å². The normalized spacial score (nSPS) is 16.7. The predicted octanol–water partition coefficient (Wildman–Crippen LogP) is 3.30. The first-order chi connectivity index (χ1) is 11.5. The predicted molar refractivity (Wildman–Crippen MR) is 92.5 cm³/mol. The number of aryl methyl sites for hydroxylation is 1. The third-order valence-corrected chi connectivity index (χ3v) is 5.57. The molecule has 0 fully saturated rings. The van der Waals surface area contributed by atoms with E-state index in [0.717, 1.165) is 31.2 Å². The highest BCUT2D eigenvalue weighted by Gasteiger charge is 2.28. The zero-order valence-corrected chi connectivity index (χ0v) is 14.7. The van der Waals surface area contributed by atoms with Gasteiger partial charge in [0, 0.05) is 10.9 Å². The van der Waals surface area contributed by atoms with E-state index >= 15 is 0 Å². The topological polar surface area (TPSA) is 98.2 Å². The number of rotatable bonds is 5. The molecule has 1 atom stereocenters. The van der Waals surface area contributed by atoms with Crippen molar-refractivity contribution in [2.24, 2.45) is 11.7 Å². The van der Waals surface area contributed by atoms with E-state index in [0.29, 0.717) is 22.2 Å². The number of fused-ring (bicyclic) bond motifs is 1. The number of primary amides is 1. The largest absolute Gasteiger partial charge is 0.365 e. The van der Waals surface area contributed by atoms with Crippen molar-refractivity contribution in [3.8, 4) is 0 Å². The number of carbonyl (C=O) groups excluding carboxylic acids is 2. The van der Waals surface area contributed by atoms with Gasteiger partial charge in [0.1, 0.15) is 10.8 Å². The summed E-state index contributed by atoms with van der Waals surface area (Å²) in [7, 11) is 0. The van der Waals surface area contributed by atoms with Crippen LogP contribution in [0.3, 0.4) is 0 Å². The Morgan fingerprint density at radius 1 is 1.50 bits per heavy atom. The molecule has 128 valence electrons. The fourth-order valence-electron chi connectivity index (χ4n) is 3.30. The van der Waals surface area contributed by atoms with Crippen molar-refractivity contribution in [3.63, 3.8) is 0 Å². The van der Waals surface area contributed by atoms with Crippen LogP contribution < -0.4 is 11.1 Å². The lowest BCUT2D eigenvalue weighted by atomic mass is 9.84. The van der Waals surface area contributed by atoms with Crippen LogP contribution in [0.4, 0.5) is 5.00 Å². The molecule has 0 saturated heterocycles. The molecule has 24 heavy (non-hydrogen) atoms. The second-order valence-corrected chi connectivity index (χ2v) is 7.35. The standard InChI is InChI=1S/C17H21N3O3S/c1-3-4-10-5-6-11-13(8-10)24-17(14(11)15(18)21)19-16(22)12-7-9(2)23-20-12/h7,10H,3-6,8H2,1-2H3,(H2,18,21)(H,19,22)/t10-/m1/s1. The summed E-state index contributed by atoms with van der Waals surface area (Å²) in [4.78, 5) is 25.4. The van der Waals surface area contributed by atoms with Crippen molar-refractivity contribution in [3.05, 3.63) is 33.5 Å². The number of nitrogens with one attached hydrogen (secondary N) is 1. The highest BCUT2D eigenvalue weighted by molar-refractivity contribution is 7.17. The van der Waals surface area contributed by atoms with Gasteiger partial charge < -0.3 is 15.6 Å². The van der Waals surface area contributed by atoms with E-state index in [2.05, 4.69) is 17.4 Å². The van der Waals surface area contributed by atoms with Crippen molar-refractivity contribution in [1.29, 1.82) is 0 Å². The highest BCUT2D eigenvalue weighted by Crippen LogP contribution is 2.40. The zero-order chi connectivity index (χ0) is 17.3. The molecule has 3 N–H and O–H groups in total. The molecule has 6 nitrogen and oxygen atoms in total. The van der Waals surface area contributed by atoms with Gasteiger partial charge in [-0.25, -0.2) is 0 Å². The molecule has 0 saturated carbocycles. The van der Waals surface area contributed by atoms with E-state index in [9.17, 15) is 9.59 Å². The molecule has 1 aliphatic rings. The third-order valence-electron chi connectivity index (χ3n) is 4.40. The molecule has 2 heterocycles. The van der Waals surface area contributed by atoms with E-state index in [1.807, 2.05) is 0 Å². The summed E-state index contributed by atoms with van der Waals surface area (Å²) >= 11 is 1.46. The quantitative estimate of drug-likeness (QED) is 0.867. The summed E-state index contributed by atoms with van der Waals surface area (Å²) in [5.41, 5.74) is 7.23. The molecule has 0 aromatic carbocycles. The van der Waals surface area contributed by atoms with Crippen LogP contribution >= 0.6 is 11.3 Å². The zero-order valence-electron chi connectivity index (χ0n) is 13.8. The average Bonchev–Trinajstić information content (AvgIpc) is 3.10. The van der Waals surface area contributed by atoms with Crippen LogP contribution in [0.1, 0.15) is 63.2 Å². The number of hydrogen-bond acceptors (Lipinski definition) is 5. The monoisotopic (exact) mass is 347 g/mol. The molecule has 0 aliphatic heterocycles. The Morgan fingerprint density at radius 3 is 2.92 bits per heavy atom. The van der Waals surface area contributed by atoms with Gasteiger partial charge in [0.2, 0.25) is 0 Å². The Kier molecular flexibility index (Phi) is 4.71. The van der Waals surface area contributed by atoms with Crippen molar-refractivity contribution < 1.29 is 14.1 Å². The molecule has 2 aromatic rings. The Morgan fingerprint density at radius 2 is 2.29 bits per heavy atom. The minimum Gasteiger partial charge on any atom is -0.365 e. The summed E-state index contributed by atoms with van der Waals surface area (Å²) in [5.74, 6) is 0.318. The van der Waals surface area contributed by atoms with Gasteiger partial charge in [-0.2, -0.15) is 0 Å². The van der Waals surface area contributed by atoms with E-state index in [4.69, 9.17) is 10.3 Å². The second kappa shape index (κ2) is 6.76. The van der Waals surface area contributed by atoms with E-state index in [1.54, 1.807) is 13.0 Å². The van der Waals surface area contributed by atoms with E-state index in [-0.39, 0.29) is 5.69 Å². The van der Waals surface area contributed by atoms with Crippen molar-refractivity contribution >= 4 is 28.2 Å². The maximum absolute atomic E-state index is 12.3. The summed E-state index contributed by atoms with van der Waals surface area (Å²) in [6.45, 7) is 3.90. The first-order valence-electron chi connectivity index (χ1n) is 8.18. The third kappa shape index (κ3) is 3.21. The lowest BCUT2D eigenvalue weighted by molar-refractivity contribution is 0.1000. The minimum absolute atomic E-state index is 0.193. The summed E-state index contributed by atoms with van der Waals surface area (Å²) in [6.07, 6.45) is 5.20. The number of aromatic nitrogens is 1. The minimum atomic E-state index is -0.493. The van der Waals surface area contributed by atoms with Crippen molar-refractivity contribution in [1.82, 2.24) is 5.16 Å².